The lowest BCUT2D eigenvalue weighted by Gasteiger charge is -2.14. The molecule has 154 valence electrons. The number of hydrogen-bond acceptors (Lipinski definition) is 2. The smallest absolute Gasteiger partial charge is 0.251 e. The van der Waals surface area contributed by atoms with Crippen LogP contribution in [-0.2, 0) is 0 Å². The molecule has 3 aromatic carbocycles. The lowest BCUT2D eigenvalue weighted by atomic mass is 10.00. The van der Waals surface area contributed by atoms with Gasteiger partial charge in [0.15, 0.2) is 0 Å². The van der Waals surface area contributed by atoms with E-state index in [1.165, 1.54) is 12.1 Å². The lowest BCUT2D eigenvalue weighted by molar-refractivity contribution is 0.0953. The third-order valence-corrected chi connectivity index (χ3v) is 6.13. The summed E-state index contributed by atoms with van der Waals surface area (Å²) in [6, 6.07) is 20.2. The number of carbonyl (C=O) groups is 1. The fraction of sp³-hybridized carbons (Fsp3) is 0.192. The molecule has 1 amide bonds. The second-order valence-corrected chi connectivity index (χ2v) is 8.26. The topological polar surface area (TPSA) is 29.1 Å². The van der Waals surface area contributed by atoms with Crippen LogP contribution in [0, 0.1) is 12.7 Å². The summed E-state index contributed by atoms with van der Waals surface area (Å²) in [6.07, 6.45) is 2.03. The summed E-state index contributed by atoms with van der Waals surface area (Å²) < 4.78 is 13.3. The minimum absolute atomic E-state index is 0.0341. The van der Waals surface area contributed by atoms with E-state index in [4.69, 9.17) is 0 Å². The van der Waals surface area contributed by atoms with Crippen LogP contribution in [0.3, 0.4) is 0 Å². The molecule has 30 heavy (non-hydrogen) atoms. The third-order valence-electron chi connectivity index (χ3n) is 4.88. The second kappa shape index (κ2) is 10.3. The van der Waals surface area contributed by atoms with E-state index in [0.717, 1.165) is 44.9 Å². The van der Waals surface area contributed by atoms with Crippen molar-refractivity contribution in [1.82, 2.24) is 5.32 Å². The van der Waals surface area contributed by atoms with Gasteiger partial charge in [0, 0.05) is 21.9 Å². The Kier molecular flexibility index (Phi) is 7.47. The summed E-state index contributed by atoms with van der Waals surface area (Å²) in [5, 5.41) is 2.96. The highest BCUT2D eigenvalue weighted by Crippen LogP contribution is 2.37. The van der Waals surface area contributed by atoms with Crippen molar-refractivity contribution >= 4 is 23.2 Å². The van der Waals surface area contributed by atoms with Gasteiger partial charge < -0.3 is 5.32 Å². The quantitative estimate of drug-likeness (QED) is 0.403. The van der Waals surface area contributed by atoms with E-state index in [2.05, 4.69) is 24.9 Å². The van der Waals surface area contributed by atoms with Gasteiger partial charge in [-0.3, -0.25) is 4.79 Å². The average molecular weight is 420 g/mol. The molecule has 0 aliphatic carbocycles. The van der Waals surface area contributed by atoms with E-state index in [1.807, 2.05) is 43.3 Å². The first kappa shape index (κ1) is 21.8. The fourth-order valence-electron chi connectivity index (χ4n) is 3.12. The Bertz CT molecular complexity index is 1040. The monoisotopic (exact) mass is 419 g/mol. The lowest BCUT2D eigenvalue weighted by Crippen LogP contribution is -2.24. The molecule has 0 saturated carbocycles. The van der Waals surface area contributed by atoms with Gasteiger partial charge in [0.25, 0.3) is 5.91 Å². The predicted octanol–water partition coefficient (Wildman–Crippen LogP) is 6.88. The largest absolute Gasteiger partial charge is 0.352 e. The van der Waals surface area contributed by atoms with Crippen LogP contribution in [0.4, 0.5) is 4.39 Å². The maximum atomic E-state index is 13.3. The number of hydrogen-bond donors (Lipinski definition) is 1. The van der Waals surface area contributed by atoms with Gasteiger partial charge in [0.05, 0.1) is 0 Å². The van der Waals surface area contributed by atoms with Crippen molar-refractivity contribution in [3.05, 3.63) is 101 Å². The molecule has 0 aromatic heterocycles. The van der Waals surface area contributed by atoms with E-state index >= 15 is 0 Å². The molecule has 0 fully saturated rings. The Labute approximate surface area is 182 Å². The number of amides is 1. The fourth-order valence-corrected chi connectivity index (χ4v) is 4.16. The van der Waals surface area contributed by atoms with Crippen molar-refractivity contribution in [3.8, 4) is 0 Å². The molecule has 3 rings (SSSR count). The number of aryl methyl sites for hydroxylation is 1. The Balaban J connectivity index is 1.81. The molecule has 0 radical (unpaired) electrons. The number of rotatable bonds is 8. The SMILES string of the molecule is C=C(c1ccc(F)cc1)c1ccccc1Sc1ccc(C(=O)NCCCC)cc1C. The molecule has 0 saturated heterocycles. The zero-order valence-electron chi connectivity index (χ0n) is 17.4. The molecule has 0 bridgehead atoms. The highest BCUT2D eigenvalue weighted by atomic mass is 32.2. The van der Waals surface area contributed by atoms with Crippen molar-refractivity contribution in [2.24, 2.45) is 0 Å². The molecular formula is C26H26FNOS. The van der Waals surface area contributed by atoms with Gasteiger partial charge in [-0.2, -0.15) is 0 Å². The molecule has 0 heterocycles. The predicted molar refractivity (Wildman–Crippen MR) is 124 cm³/mol. The van der Waals surface area contributed by atoms with Crippen LogP contribution >= 0.6 is 11.8 Å². The van der Waals surface area contributed by atoms with Crippen molar-refractivity contribution < 1.29 is 9.18 Å². The highest BCUT2D eigenvalue weighted by Gasteiger charge is 2.12. The average Bonchev–Trinajstić information content (AvgIpc) is 2.75. The first-order chi connectivity index (χ1) is 14.5. The van der Waals surface area contributed by atoms with Gasteiger partial charge >= 0.3 is 0 Å². The maximum Gasteiger partial charge on any atom is 0.251 e. The van der Waals surface area contributed by atoms with Gasteiger partial charge in [0.1, 0.15) is 5.82 Å². The molecule has 0 spiro atoms. The van der Waals surface area contributed by atoms with E-state index in [9.17, 15) is 9.18 Å². The number of halogens is 1. The Morgan fingerprint density at radius 1 is 1.00 bits per heavy atom. The van der Waals surface area contributed by atoms with E-state index in [0.29, 0.717) is 12.1 Å². The molecular weight excluding hydrogens is 393 g/mol. The molecule has 0 unspecified atom stereocenters. The van der Waals surface area contributed by atoms with E-state index < -0.39 is 0 Å². The zero-order chi connectivity index (χ0) is 21.5. The van der Waals surface area contributed by atoms with Gasteiger partial charge in [-0.15, -0.1) is 0 Å². The van der Waals surface area contributed by atoms with Crippen molar-refractivity contribution in [2.45, 2.75) is 36.5 Å². The highest BCUT2D eigenvalue weighted by molar-refractivity contribution is 7.99. The summed E-state index contributed by atoms with van der Waals surface area (Å²) >= 11 is 1.64. The first-order valence-corrected chi connectivity index (χ1v) is 10.9. The van der Waals surface area contributed by atoms with Crippen molar-refractivity contribution in [3.63, 3.8) is 0 Å². The van der Waals surface area contributed by atoms with Crippen LogP contribution in [0.15, 0.2) is 83.1 Å². The molecule has 2 nitrogen and oxygen atoms in total. The van der Waals surface area contributed by atoms with Gasteiger partial charge in [-0.1, -0.05) is 62.0 Å². The number of carbonyl (C=O) groups excluding carboxylic acids is 1. The Hall–Kier alpha value is -2.85. The Morgan fingerprint density at radius 3 is 2.40 bits per heavy atom. The minimum atomic E-state index is -0.261. The van der Waals surface area contributed by atoms with Crippen molar-refractivity contribution in [1.29, 1.82) is 0 Å². The van der Waals surface area contributed by atoms with Crippen LogP contribution < -0.4 is 5.32 Å². The summed E-state index contributed by atoms with van der Waals surface area (Å²) in [7, 11) is 0. The molecule has 0 atom stereocenters. The van der Waals surface area contributed by atoms with Crippen LogP contribution in [0.5, 0.6) is 0 Å². The maximum absolute atomic E-state index is 13.3. The van der Waals surface area contributed by atoms with Gasteiger partial charge in [-0.25, -0.2) is 4.39 Å². The number of unbranched alkanes of at least 4 members (excludes halogenated alkanes) is 1. The molecule has 4 heteroatoms. The summed E-state index contributed by atoms with van der Waals surface area (Å²) in [5.41, 5.74) is 4.47. The van der Waals surface area contributed by atoms with Crippen LogP contribution in [0.25, 0.3) is 5.57 Å². The van der Waals surface area contributed by atoms with Gasteiger partial charge in [-0.05, 0) is 72.0 Å². The summed E-state index contributed by atoms with van der Waals surface area (Å²) in [4.78, 5) is 14.5. The number of nitrogens with one attached hydrogen (secondary N) is 1. The van der Waals surface area contributed by atoms with Gasteiger partial charge in [0.2, 0.25) is 0 Å². The third kappa shape index (κ3) is 5.39. The number of benzene rings is 3. The normalized spacial score (nSPS) is 10.6. The van der Waals surface area contributed by atoms with E-state index in [1.54, 1.807) is 23.9 Å². The summed E-state index contributed by atoms with van der Waals surface area (Å²) in [6.45, 7) is 9.05. The zero-order valence-corrected chi connectivity index (χ0v) is 18.2. The molecule has 0 aliphatic rings. The van der Waals surface area contributed by atoms with Crippen LogP contribution in [-0.4, -0.2) is 12.5 Å². The van der Waals surface area contributed by atoms with Crippen LogP contribution in [0.1, 0.15) is 46.8 Å². The minimum Gasteiger partial charge on any atom is -0.352 e. The van der Waals surface area contributed by atoms with Crippen molar-refractivity contribution in [2.75, 3.05) is 6.54 Å². The summed E-state index contributed by atoms with van der Waals surface area (Å²) in [5.74, 6) is -0.295. The molecule has 1 N–H and O–H groups in total. The Morgan fingerprint density at radius 2 is 1.70 bits per heavy atom. The van der Waals surface area contributed by atoms with Crippen LogP contribution in [0.2, 0.25) is 0 Å². The molecule has 0 aliphatic heterocycles. The molecule has 3 aromatic rings. The standard InChI is InChI=1S/C26H26FNOS/c1-4-5-16-28-26(29)21-12-15-24(18(2)17-21)30-25-9-7-6-8-23(25)19(3)20-10-13-22(27)14-11-20/h6-15,17H,3-5,16H2,1-2H3,(H,28,29). The second-order valence-electron chi connectivity index (χ2n) is 7.17. The first-order valence-electron chi connectivity index (χ1n) is 10.1. The van der Waals surface area contributed by atoms with E-state index in [-0.39, 0.29) is 11.7 Å².